The molecule has 17 heavy (non-hydrogen) atoms. The first-order valence-electron chi connectivity index (χ1n) is 5.80. The molecule has 1 amide bonds. The minimum atomic E-state index is -0.509. The van der Waals surface area contributed by atoms with Crippen molar-refractivity contribution in [2.24, 2.45) is 16.3 Å². The van der Waals surface area contributed by atoms with Crippen LogP contribution >= 0.6 is 0 Å². The average molecular weight is 243 g/mol. The first kappa shape index (κ1) is 13.8. The van der Waals surface area contributed by atoms with Gasteiger partial charge in [-0.1, -0.05) is 25.9 Å². The van der Waals surface area contributed by atoms with Crippen LogP contribution in [0.15, 0.2) is 5.16 Å². The molecule has 1 rings (SSSR count). The van der Waals surface area contributed by atoms with Gasteiger partial charge in [-0.15, -0.1) is 0 Å². The third kappa shape index (κ3) is 3.09. The summed E-state index contributed by atoms with van der Waals surface area (Å²) in [6.45, 7) is 7.13. The minimum absolute atomic E-state index is 0.0109. The van der Waals surface area contributed by atoms with Crippen molar-refractivity contribution in [1.82, 2.24) is 4.90 Å². The number of amidine groups is 1. The van der Waals surface area contributed by atoms with Gasteiger partial charge in [0.2, 0.25) is 5.91 Å². The number of carbonyl (C=O) groups is 1. The molecular weight excluding hydrogens is 222 g/mol. The lowest BCUT2D eigenvalue weighted by Gasteiger charge is -2.36. The first-order chi connectivity index (χ1) is 7.92. The number of carbonyl (C=O) groups excluding carboxylic acids is 1. The van der Waals surface area contributed by atoms with Crippen LogP contribution in [0.5, 0.6) is 0 Å². The second-order valence-corrected chi connectivity index (χ2v) is 4.87. The number of nitrogens with two attached hydrogens (primary N) is 1. The van der Waals surface area contributed by atoms with Gasteiger partial charge >= 0.3 is 0 Å². The van der Waals surface area contributed by atoms with Crippen molar-refractivity contribution in [1.29, 1.82) is 0 Å². The Morgan fingerprint density at radius 2 is 2.29 bits per heavy atom. The standard InChI is InChI=1S/C11H21N3O3/c1-4-11(2,3)10(15)14-5-6-17-8(7-14)9(12)13-16/h8,16H,4-7H2,1-3H3,(H2,12,13). The van der Waals surface area contributed by atoms with Gasteiger partial charge < -0.3 is 20.6 Å². The number of hydrogen-bond donors (Lipinski definition) is 2. The zero-order chi connectivity index (χ0) is 13.1. The Balaban J connectivity index is 2.70. The van der Waals surface area contributed by atoms with Crippen molar-refractivity contribution in [2.45, 2.75) is 33.3 Å². The molecule has 0 aromatic rings. The Morgan fingerprint density at radius 3 is 2.82 bits per heavy atom. The number of rotatable bonds is 3. The monoisotopic (exact) mass is 243 g/mol. The van der Waals surface area contributed by atoms with Crippen molar-refractivity contribution in [2.75, 3.05) is 19.7 Å². The predicted molar refractivity (Wildman–Crippen MR) is 63.8 cm³/mol. The van der Waals surface area contributed by atoms with E-state index in [1.165, 1.54) is 0 Å². The molecule has 0 radical (unpaired) electrons. The molecule has 0 spiro atoms. The molecule has 6 nitrogen and oxygen atoms in total. The molecule has 1 saturated heterocycles. The first-order valence-corrected chi connectivity index (χ1v) is 5.80. The number of morpholine rings is 1. The highest BCUT2D eigenvalue weighted by Crippen LogP contribution is 2.24. The third-order valence-corrected chi connectivity index (χ3v) is 3.26. The maximum Gasteiger partial charge on any atom is 0.228 e. The van der Waals surface area contributed by atoms with Crippen LogP contribution in [0, 0.1) is 5.41 Å². The van der Waals surface area contributed by atoms with Crippen molar-refractivity contribution in [3.8, 4) is 0 Å². The molecule has 98 valence electrons. The summed E-state index contributed by atoms with van der Waals surface area (Å²) in [5.41, 5.74) is 5.11. The molecule has 0 aromatic carbocycles. The molecule has 0 aromatic heterocycles. The van der Waals surface area contributed by atoms with Gasteiger partial charge in [-0.25, -0.2) is 0 Å². The number of oxime groups is 1. The van der Waals surface area contributed by atoms with E-state index in [9.17, 15) is 4.79 Å². The number of ether oxygens (including phenoxy) is 1. The highest BCUT2D eigenvalue weighted by Gasteiger charge is 2.34. The van der Waals surface area contributed by atoms with E-state index < -0.39 is 6.10 Å². The molecule has 0 bridgehead atoms. The van der Waals surface area contributed by atoms with Crippen LogP contribution in [-0.2, 0) is 9.53 Å². The van der Waals surface area contributed by atoms with Crippen LogP contribution in [0.4, 0.5) is 0 Å². The van der Waals surface area contributed by atoms with Gasteiger partial charge in [-0.3, -0.25) is 4.79 Å². The van der Waals surface area contributed by atoms with E-state index in [1.807, 2.05) is 20.8 Å². The Bertz CT molecular complexity index is 315. The second-order valence-electron chi connectivity index (χ2n) is 4.87. The Hall–Kier alpha value is -1.30. The summed E-state index contributed by atoms with van der Waals surface area (Å²) < 4.78 is 5.35. The topological polar surface area (TPSA) is 88.2 Å². The largest absolute Gasteiger partial charge is 0.409 e. The summed E-state index contributed by atoms with van der Waals surface area (Å²) in [4.78, 5) is 14.0. The summed E-state index contributed by atoms with van der Waals surface area (Å²) in [6, 6.07) is 0. The highest BCUT2D eigenvalue weighted by atomic mass is 16.5. The van der Waals surface area contributed by atoms with Crippen LogP contribution in [0.25, 0.3) is 0 Å². The predicted octanol–water partition coefficient (Wildman–Crippen LogP) is 0.396. The maximum absolute atomic E-state index is 12.2. The zero-order valence-corrected chi connectivity index (χ0v) is 10.6. The van der Waals surface area contributed by atoms with E-state index in [0.717, 1.165) is 6.42 Å². The van der Waals surface area contributed by atoms with Crippen molar-refractivity contribution >= 4 is 11.7 Å². The number of hydrogen-bond acceptors (Lipinski definition) is 4. The van der Waals surface area contributed by atoms with Crippen LogP contribution in [0.3, 0.4) is 0 Å². The van der Waals surface area contributed by atoms with Gasteiger partial charge in [0.15, 0.2) is 5.84 Å². The summed E-state index contributed by atoms with van der Waals surface area (Å²) in [6.07, 6.45) is 0.266. The Labute approximate surface area is 101 Å². The average Bonchev–Trinajstić information content (AvgIpc) is 2.36. The fourth-order valence-corrected chi connectivity index (χ4v) is 1.66. The van der Waals surface area contributed by atoms with Crippen molar-refractivity contribution in [3.63, 3.8) is 0 Å². The Kier molecular flexibility index (Phi) is 4.34. The summed E-state index contributed by atoms with van der Waals surface area (Å²) in [5, 5.41) is 11.5. The van der Waals surface area contributed by atoms with Gasteiger partial charge in [0.05, 0.1) is 13.2 Å². The lowest BCUT2D eigenvalue weighted by molar-refractivity contribution is -0.146. The van der Waals surface area contributed by atoms with Crippen LogP contribution in [0.2, 0.25) is 0 Å². The zero-order valence-electron chi connectivity index (χ0n) is 10.6. The quantitative estimate of drug-likeness (QED) is 0.325. The Morgan fingerprint density at radius 1 is 1.65 bits per heavy atom. The maximum atomic E-state index is 12.2. The minimum Gasteiger partial charge on any atom is -0.409 e. The van der Waals surface area contributed by atoms with Crippen LogP contribution in [0.1, 0.15) is 27.2 Å². The van der Waals surface area contributed by atoms with Crippen molar-refractivity contribution in [3.05, 3.63) is 0 Å². The molecule has 1 heterocycles. The SMILES string of the molecule is CCC(C)(C)C(=O)N1CCOC(C(N)=NO)C1. The molecule has 0 aliphatic carbocycles. The highest BCUT2D eigenvalue weighted by molar-refractivity contribution is 5.86. The third-order valence-electron chi connectivity index (χ3n) is 3.26. The summed E-state index contributed by atoms with van der Waals surface area (Å²) in [7, 11) is 0. The fraction of sp³-hybridized carbons (Fsp3) is 0.818. The lowest BCUT2D eigenvalue weighted by Crippen LogP contribution is -2.53. The lowest BCUT2D eigenvalue weighted by atomic mass is 9.88. The van der Waals surface area contributed by atoms with Gasteiger partial charge in [0, 0.05) is 12.0 Å². The molecule has 1 aliphatic rings. The van der Waals surface area contributed by atoms with E-state index >= 15 is 0 Å². The van der Waals surface area contributed by atoms with Crippen LogP contribution in [-0.4, -0.2) is 47.7 Å². The molecule has 1 fully saturated rings. The molecule has 3 N–H and O–H groups in total. The molecule has 1 atom stereocenters. The van der Waals surface area contributed by atoms with E-state index in [2.05, 4.69) is 5.16 Å². The normalized spacial score (nSPS) is 22.6. The molecular formula is C11H21N3O3. The summed E-state index contributed by atoms with van der Waals surface area (Å²) in [5.74, 6) is 0.0934. The van der Waals surface area contributed by atoms with Crippen molar-refractivity contribution < 1.29 is 14.7 Å². The fourth-order valence-electron chi connectivity index (χ4n) is 1.66. The van der Waals surface area contributed by atoms with E-state index in [-0.39, 0.29) is 17.2 Å². The molecule has 6 heteroatoms. The van der Waals surface area contributed by atoms with E-state index in [0.29, 0.717) is 19.7 Å². The molecule has 1 aliphatic heterocycles. The van der Waals surface area contributed by atoms with Gasteiger partial charge in [-0.2, -0.15) is 0 Å². The number of amides is 1. The summed E-state index contributed by atoms with van der Waals surface area (Å²) >= 11 is 0. The van der Waals surface area contributed by atoms with E-state index in [4.69, 9.17) is 15.7 Å². The van der Waals surface area contributed by atoms with E-state index in [1.54, 1.807) is 4.90 Å². The number of nitrogens with zero attached hydrogens (tertiary/aromatic N) is 2. The van der Waals surface area contributed by atoms with Crippen LogP contribution < -0.4 is 5.73 Å². The smallest absolute Gasteiger partial charge is 0.228 e. The molecule has 1 unspecified atom stereocenters. The van der Waals surface area contributed by atoms with Gasteiger partial charge in [0.25, 0.3) is 0 Å². The van der Waals surface area contributed by atoms with Gasteiger partial charge in [0.1, 0.15) is 6.10 Å². The molecule has 0 saturated carbocycles. The second kappa shape index (κ2) is 5.35. The van der Waals surface area contributed by atoms with Gasteiger partial charge in [-0.05, 0) is 6.42 Å².